The highest BCUT2D eigenvalue weighted by molar-refractivity contribution is 8.00. The summed E-state index contributed by atoms with van der Waals surface area (Å²) in [5.74, 6) is -0.860. The fourth-order valence-electron chi connectivity index (χ4n) is 2.30. The van der Waals surface area contributed by atoms with Crippen LogP contribution in [0.5, 0.6) is 5.75 Å². The van der Waals surface area contributed by atoms with Crippen molar-refractivity contribution in [2.24, 2.45) is 0 Å². The standard InChI is InChI=1S/C16H14FN3O3S/c1-23-13-3-2-11(8-12(13)17)16-20(14(21)9-24-16)19-15(22)10-4-6-18-7-5-10/h2-8,16H,9H2,1H3,(H,19,22)/t16-/m0/s1. The summed E-state index contributed by atoms with van der Waals surface area (Å²) in [6, 6.07) is 7.57. The Morgan fingerprint density at radius 3 is 2.79 bits per heavy atom. The first-order valence-corrected chi connectivity index (χ1v) is 8.13. The van der Waals surface area contributed by atoms with Gasteiger partial charge < -0.3 is 4.74 Å². The summed E-state index contributed by atoms with van der Waals surface area (Å²) >= 11 is 1.31. The van der Waals surface area contributed by atoms with E-state index < -0.39 is 17.1 Å². The van der Waals surface area contributed by atoms with Crippen LogP contribution in [0.15, 0.2) is 42.7 Å². The number of carbonyl (C=O) groups is 2. The molecule has 0 aliphatic carbocycles. The number of ether oxygens (including phenoxy) is 1. The van der Waals surface area contributed by atoms with Crippen molar-refractivity contribution in [1.82, 2.24) is 15.4 Å². The number of carbonyl (C=O) groups excluding carboxylic acids is 2. The third-order valence-electron chi connectivity index (χ3n) is 3.49. The maximum atomic E-state index is 13.9. The Hall–Kier alpha value is -2.61. The molecule has 0 bridgehead atoms. The Bertz CT molecular complexity index is 772. The molecular weight excluding hydrogens is 333 g/mol. The molecule has 0 radical (unpaired) electrons. The van der Waals surface area contributed by atoms with Crippen LogP contribution in [-0.4, -0.2) is 34.7 Å². The number of nitrogens with one attached hydrogen (secondary N) is 1. The van der Waals surface area contributed by atoms with Gasteiger partial charge in [0.2, 0.25) is 0 Å². The van der Waals surface area contributed by atoms with E-state index in [0.29, 0.717) is 11.1 Å². The highest BCUT2D eigenvalue weighted by Crippen LogP contribution is 2.38. The molecule has 0 spiro atoms. The molecule has 1 atom stereocenters. The molecule has 1 aliphatic heterocycles. The number of aromatic nitrogens is 1. The van der Waals surface area contributed by atoms with E-state index in [1.165, 1.54) is 48.4 Å². The quantitative estimate of drug-likeness (QED) is 0.918. The number of benzene rings is 1. The Kier molecular flexibility index (Phi) is 4.66. The van der Waals surface area contributed by atoms with Crippen molar-refractivity contribution in [3.63, 3.8) is 0 Å². The summed E-state index contributed by atoms with van der Waals surface area (Å²) in [4.78, 5) is 28.2. The van der Waals surface area contributed by atoms with Gasteiger partial charge in [0, 0.05) is 18.0 Å². The van der Waals surface area contributed by atoms with Gasteiger partial charge in [-0.2, -0.15) is 0 Å². The number of thioether (sulfide) groups is 1. The van der Waals surface area contributed by atoms with E-state index in [9.17, 15) is 14.0 Å². The molecule has 1 N–H and O–H groups in total. The van der Waals surface area contributed by atoms with E-state index in [4.69, 9.17) is 4.74 Å². The van der Waals surface area contributed by atoms with Gasteiger partial charge in [-0.05, 0) is 29.8 Å². The van der Waals surface area contributed by atoms with Gasteiger partial charge in [0.1, 0.15) is 5.37 Å². The fourth-order valence-corrected chi connectivity index (χ4v) is 3.40. The molecule has 0 unspecified atom stereocenters. The molecule has 1 aliphatic rings. The van der Waals surface area contributed by atoms with Crippen molar-refractivity contribution in [2.45, 2.75) is 5.37 Å². The molecule has 1 fully saturated rings. The number of rotatable bonds is 4. The topological polar surface area (TPSA) is 71.5 Å². The fraction of sp³-hybridized carbons (Fsp3) is 0.188. The van der Waals surface area contributed by atoms with Crippen molar-refractivity contribution in [3.05, 3.63) is 59.7 Å². The first kappa shape index (κ1) is 16.3. The van der Waals surface area contributed by atoms with Crippen LogP contribution in [0.1, 0.15) is 21.3 Å². The molecule has 2 amide bonds. The van der Waals surface area contributed by atoms with Crippen LogP contribution in [0.3, 0.4) is 0 Å². The Labute approximate surface area is 142 Å². The van der Waals surface area contributed by atoms with Crippen LogP contribution in [0, 0.1) is 5.82 Å². The van der Waals surface area contributed by atoms with Crippen LogP contribution in [0.4, 0.5) is 4.39 Å². The summed E-state index contributed by atoms with van der Waals surface area (Å²) in [5.41, 5.74) is 3.54. The zero-order valence-electron chi connectivity index (χ0n) is 12.7. The molecule has 1 saturated heterocycles. The second kappa shape index (κ2) is 6.88. The zero-order valence-corrected chi connectivity index (χ0v) is 13.5. The maximum absolute atomic E-state index is 13.9. The number of amides is 2. The van der Waals surface area contributed by atoms with Crippen molar-refractivity contribution in [3.8, 4) is 5.75 Å². The Morgan fingerprint density at radius 1 is 1.38 bits per heavy atom. The van der Waals surface area contributed by atoms with Crippen LogP contribution in [0.2, 0.25) is 0 Å². The van der Waals surface area contributed by atoms with Gasteiger partial charge in [0.25, 0.3) is 11.8 Å². The monoisotopic (exact) mass is 347 g/mol. The van der Waals surface area contributed by atoms with E-state index >= 15 is 0 Å². The van der Waals surface area contributed by atoms with Gasteiger partial charge in [-0.3, -0.25) is 20.0 Å². The molecule has 8 heteroatoms. The van der Waals surface area contributed by atoms with Gasteiger partial charge >= 0.3 is 0 Å². The van der Waals surface area contributed by atoms with Gasteiger partial charge in [0.15, 0.2) is 11.6 Å². The molecule has 124 valence electrons. The number of nitrogens with zero attached hydrogens (tertiary/aromatic N) is 2. The van der Waals surface area contributed by atoms with Crippen LogP contribution in [-0.2, 0) is 4.79 Å². The minimum atomic E-state index is -0.518. The predicted molar refractivity (Wildman–Crippen MR) is 86.7 cm³/mol. The van der Waals surface area contributed by atoms with E-state index in [2.05, 4.69) is 10.4 Å². The van der Waals surface area contributed by atoms with Crippen LogP contribution in [0.25, 0.3) is 0 Å². The molecule has 6 nitrogen and oxygen atoms in total. The number of pyridine rings is 1. The lowest BCUT2D eigenvalue weighted by Gasteiger charge is -2.24. The van der Waals surface area contributed by atoms with Gasteiger partial charge in [0.05, 0.1) is 12.9 Å². The van der Waals surface area contributed by atoms with Gasteiger partial charge in [-0.15, -0.1) is 11.8 Å². The molecule has 1 aromatic heterocycles. The Balaban J connectivity index is 1.82. The van der Waals surface area contributed by atoms with E-state index in [1.54, 1.807) is 18.2 Å². The zero-order chi connectivity index (χ0) is 17.1. The summed E-state index contributed by atoms with van der Waals surface area (Å²) in [6.45, 7) is 0. The van der Waals surface area contributed by atoms with E-state index in [0.717, 1.165) is 0 Å². The van der Waals surface area contributed by atoms with Gasteiger partial charge in [-0.25, -0.2) is 9.40 Å². The lowest BCUT2D eigenvalue weighted by atomic mass is 10.2. The SMILES string of the molecule is COc1ccc([C@@H]2SCC(=O)N2NC(=O)c2ccncc2)cc1F. The van der Waals surface area contributed by atoms with Crippen molar-refractivity contribution in [1.29, 1.82) is 0 Å². The summed E-state index contributed by atoms with van der Waals surface area (Å²) in [7, 11) is 1.38. The normalized spacial score (nSPS) is 17.0. The summed E-state index contributed by atoms with van der Waals surface area (Å²) < 4.78 is 18.8. The first-order valence-electron chi connectivity index (χ1n) is 7.08. The third kappa shape index (κ3) is 3.18. The minimum absolute atomic E-state index is 0.125. The van der Waals surface area contributed by atoms with Crippen molar-refractivity contribution < 1.29 is 18.7 Å². The number of methoxy groups -OCH3 is 1. The molecule has 2 heterocycles. The average molecular weight is 347 g/mol. The highest BCUT2D eigenvalue weighted by atomic mass is 32.2. The van der Waals surface area contributed by atoms with Crippen LogP contribution < -0.4 is 10.2 Å². The molecule has 3 rings (SSSR count). The maximum Gasteiger partial charge on any atom is 0.270 e. The highest BCUT2D eigenvalue weighted by Gasteiger charge is 2.35. The van der Waals surface area contributed by atoms with Crippen molar-refractivity contribution in [2.75, 3.05) is 12.9 Å². The number of hydrogen-bond acceptors (Lipinski definition) is 5. The lowest BCUT2D eigenvalue weighted by Crippen LogP contribution is -2.44. The molecular formula is C16H14FN3O3S. The molecule has 24 heavy (non-hydrogen) atoms. The Morgan fingerprint density at radius 2 is 2.12 bits per heavy atom. The average Bonchev–Trinajstić information content (AvgIpc) is 2.96. The number of halogens is 1. The minimum Gasteiger partial charge on any atom is -0.494 e. The second-order valence-corrected chi connectivity index (χ2v) is 6.07. The molecule has 1 aromatic carbocycles. The first-order chi connectivity index (χ1) is 11.6. The molecule has 0 saturated carbocycles. The largest absolute Gasteiger partial charge is 0.494 e. The van der Waals surface area contributed by atoms with Crippen LogP contribution >= 0.6 is 11.8 Å². The second-order valence-electron chi connectivity index (χ2n) is 5.00. The number of hydrazine groups is 1. The van der Waals surface area contributed by atoms with Crippen molar-refractivity contribution >= 4 is 23.6 Å². The lowest BCUT2D eigenvalue weighted by molar-refractivity contribution is -0.130. The van der Waals surface area contributed by atoms with Gasteiger partial charge in [-0.1, -0.05) is 6.07 Å². The predicted octanol–water partition coefficient (Wildman–Crippen LogP) is 2.15. The smallest absolute Gasteiger partial charge is 0.270 e. The van der Waals surface area contributed by atoms with E-state index in [-0.39, 0.29) is 17.4 Å². The summed E-state index contributed by atoms with van der Waals surface area (Å²) in [6.07, 6.45) is 2.98. The summed E-state index contributed by atoms with van der Waals surface area (Å²) in [5, 5.41) is 0.734. The molecule has 2 aromatic rings. The van der Waals surface area contributed by atoms with E-state index in [1.807, 2.05) is 0 Å². The number of hydrogen-bond donors (Lipinski definition) is 1. The third-order valence-corrected chi connectivity index (χ3v) is 4.71.